The minimum absolute atomic E-state index is 0.00440. The van der Waals surface area contributed by atoms with Crippen LogP contribution in [0.5, 0.6) is 0 Å². The standard InChI is InChI=1S/C18H24ClN5O/c1-15-20-5-6-24(15)12-11-22-7-9-23(10-8-22)14-18(25)21-17-4-2-3-16(19)13-17/h2-6,13H,7-12,14H2,1H3,(H,21,25). The smallest absolute Gasteiger partial charge is 0.238 e. The van der Waals surface area contributed by atoms with Gasteiger partial charge in [-0.1, -0.05) is 17.7 Å². The number of benzene rings is 1. The van der Waals surface area contributed by atoms with Gasteiger partial charge in [0.05, 0.1) is 6.54 Å². The van der Waals surface area contributed by atoms with Gasteiger partial charge in [-0.05, 0) is 25.1 Å². The fourth-order valence-electron chi connectivity index (χ4n) is 3.03. The van der Waals surface area contributed by atoms with Gasteiger partial charge in [-0.3, -0.25) is 14.6 Å². The normalized spacial score (nSPS) is 16.1. The van der Waals surface area contributed by atoms with Crippen molar-refractivity contribution >= 4 is 23.2 Å². The molecule has 2 heterocycles. The molecule has 0 radical (unpaired) electrons. The van der Waals surface area contributed by atoms with E-state index in [1.165, 1.54) is 0 Å². The maximum atomic E-state index is 12.2. The zero-order valence-corrected chi connectivity index (χ0v) is 15.2. The number of hydrogen-bond acceptors (Lipinski definition) is 4. The number of amides is 1. The largest absolute Gasteiger partial charge is 0.334 e. The Kier molecular flexibility index (Phi) is 6.07. The molecule has 1 aromatic carbocycles. The van der Waals surface area contributed by atoms with Crippen molar-refractivity contribution in [1.29, 1.82) is 0 Å². The Morgan fingerprint density at radius 3 is 2.64 bits per heavy atom. The number of carbonyl (C=O) groups is 1. The minimum Gasteiger partial charge on any atom is -0.334 e. The molecule has 0 spiro atoms. The van der Waals surface area contributed by atoms with E-state index in [2.05, 4.69) is 24.7 Å². The van der Waals surface area contributed by atoms with Gasteiger partial charge in [0.25, 0.3) is 0 Å². The summed E-state index contributed by atoms with van der Waals surface area (Å²) in [5.41, 5.74) is 0.742. The molecule has 1 amide bonds. The summed E-state index contributed by atoms with van der Waals surface area (Å²) in [5, 5.41) is 3.53. The van der Waals surface area contributed by atoms with Crippen LogP contribution in [0.1, 0.15) is 5.82 Å². The van der Waals surface area contributed by atoms with E-state index in [0.29, 0.717) is 11.6 Å². The molecule has 0 unspecified atom stereocenters. The van der Waals surface area contributed by atoms with Gasteiger partial charge < -0.3 is 9.88 Å². The van der Waals surface area contributed by atoms with E-state index in [4.69, 9.17) is 11.6 Å². The zero-order chi connectivity index (χ0) is 17.6. The molecule has 1 saturated heterocycles. The molecular formula is C18H24ClN5O. The topological polar surface area (TPSA) is 53.4 Å². The van der Waals surface area contributed by atoms with Crippen molar-refractivity contribution in [3.05, 3.63) is 47.5 Å². The average Bonchev–Trinajstić information content (AvgIpc) is 2.99. The number of hydrogen-bond donors (Lipinski definition) is 1. The molecule has 6 nitrogen and oxygen atoms in total. The molecule has 2 aromatic rings. The van der Waals surface area contributed by atoms with Gasteiger partial charge in [0.2, 0.25) is 5.91 Å². The number of carbonyl (C=O) groups excluding carboxylic acids is 1. The molecule has 1 aromatic heterocycles. The maximum Gasteiger partial charge on any atom is 0.238 e. The van der Waals surface area contributed by atoms with E-state index in [1.54, 1.807) is 12.1 Å². The fourth-order valence-corrected chi connectivity index (χ4v) is 3.22. The molecule has 0 atom stereocenters. The Balaban J connectivity index is 1.38. The predicted molar refractivity (Wildman–Crippen MR) is 99.9 cm³/mol. The Morgan fingerprint density at radius 1 is 1.20 bits per heavy atom. The fraction of sp³-hybridized carbons (Fsp3) is 0.444. The van der Waals surface area contributed by atoms with Gasteiger partial charge in [0.1, 0.15) is 5.82 Å². The first-order valence-electron chi connectivity index (χ1n) is 8.58. The van der Waals surface area contributed by atoms with Crippen molar-refractivity contribution < 1.29 is 4.79 Å². The molecule has 1 aliphatic heterocycles. The molecule has 1 aliphatic rings. The van der Waals surface area contributed by atoms with Crippen LogP contribution < -0.4 is 5.32 Å². The molecule has 1 N–H and O–H groups in total. The molecule has 0 bridgehead atoms. The average molecular weight is 362 g/mol. The van der Waals surface area contributed by atoms with Crippen LogP contribution in [0.4, 0.5) is 5.69 Å². The third-order valence-electron chi connectivity index (χ3n) is 4.52. The van der Waals surface area contributed by atoms with Crippen molar-refractivity contribution in [2.24, 2.45) is 0 Å². The predicted octanol–water partition coefficient (Wildman–Crippen LogP) is 2.10. The minimum atomic E-state index is 0.00440. The van der Waals surface area contributed by atoms with Crippen LogP contribution in [-0.4, -0.2) is 64.5 Å². The quantitative estimate of drug-likeness (QED) is 0.856. The first-order valence-corrected chi connectivity index (χ1v) is 8.96. The van der Waals surface area contributed by atoms with E-state index < -0.39 is 0 Å². The van der Waals surface area contributed by atoms with Gasteiger partial charge in [-0.15, -0.1) is 0 Å². The third-order valence-corrected chi connectivity index (χ3v) is 4.76. The molecule has 7 heteroatoms. The number of nitrogens with one attached hydrogen (secondary N) is 1. The number of aryl methyl sites for hydroxylation is 1. The van der Waals surface area contributed by atoms with Crippen LogP contribution in [0.3, 0.4) is 0 Å². The highest BCUT2D eigenvalue weighted by Crippen LogP contribution is 2.15. The van der Waals surface area contributed by atoms with Crippen molar-refractivity contribution in [3.63, 3.8) is 0 Å². The Labute approximate surface area is 153 Å². The third kappa shape index (κ3) is 5.29. The number of imidazole rings is 1. The first-order chi connectivity index (χ1) is 12.1. The van der Waals surface area contributed by atoms with Crippen molar-refractivity contribution in [3.8, 4) is 0 Å². The number of piperazine rings is 1. The number of nitrogens with zero attached hydrogens (tertiary/aromatic N) is 4. The van der Waals surface area contributed by atoms with E-state index in [-0.39, 0.29) is 5.91 Å². The number of halogens is 1. The maximum absolute atomic E-state index is 12.2. The summed E-state index contributed by atoms with van der Waals surface area (Å²) >= 11 is 5.94. The van der Waals surface area contributed by atoms with Crippen molar-refractivity contribution in [1.82, 2.24) is 19.4 Å². The van der Waals surface area contributed by atoms with Gasteiger partial charge in [0, 0.05) is 62.4 Å². The lowest BCUT2D eigenvalue weighted by molar-refractivity contribution is -0.117. The van der Waals surface area contributed by atoms with Gasteiger partial charge in [0.15, 0.2) is 0 Å². The molecule has 134 valence electrons. The Bertz CT molecular complexity index is 709. The lowest BCUT2D eigenvalue weighted by Gasteiger charge is -2.34. The number of aromatic nitrogens is 2. The summed E-state index contributed by atoms with van der Waals surface area (Å²) in [6, 6.07) is 7.23. The monoisotopic (exact) mass is 361 g/mol. The second-order valence-electron chi connectivity index (χ2n) is 6.34. The summed E-state index contributed by atoms with van der Waals surface area (Å²) in [6.45, 7) is 8.20. The molecule has 1 fully saturated rings. The Morgan fingerprint density at radius 2 is 1.96 bits per heavy atom. The van der Waals surface area contributed by atoms with Gasteiger partial charge >= 0.3 is 0 Å². The van der Waals surface area contributed by atoms with Crippen LogP contribution >= 0.6 is 11.6 Å². The van der Waals surface area contributed by atoms with Crippen LogP contribution in [0.2, 0.25) is 5.02 Å². The summed E-state index contributed by atoms with van der Waals surface area (Å²) in [6.07, 6.45) is 3.86. The SMILES string of the molecule is Cc1nccn1CCN1CCN(CC(=O)Nc2cccc(Cl)c2)CC1. The lowest BCUT2D eigenvalue weighted by atomic mass is 10.3. The molecule has 0 aliphatic carbocycles. The lowest BCUT2D eigenvalue weighted by Crippen LogP contribution is -2.49. The van der Waals surface area contributed by atoms with Crippen molar-refractivity contribution in [2.45, 2.75) is 13.5 Å². The summed E-state index contributed by atoms with van der Waals surface area (Å²) in [5.74, 6) is 1.06. The summed E-state index contributed by atoms with van der Waals surface area (Å²) < 4.78 is 2.17. The van der Waals surface area contributed by atoms with Crippen LogP contribution in [-0.2, 0) is 11.3 Å². The summed E-state index contributed by atoms with van der Waals surface area (Å²) in [4.78, 5) is 21.0. The Hall–Kier alpha value is -1.89. The highest BCUT2D eigenvalue weighted by atomic mass is 35.5. The first kappa shape index (κ1) is 17.9. The van der Waals surface area contributed by atoms with E-state index in [1.807, 2.05) is 31.5 Å². The van der Waals surface area contributed by atoms with Crippen LogP contribution in [0, 0.1) is 6.92 Å². The highest BCUT2D eigenvalue weighted by molar-refractivity contribution is 6.30. The number of anilines is 1. The number of rotatable bonds is 6. The van der Waals surface area contributed by atoms with E-state index >= 15 is 0 Å². The van der Waals surface area contributed by atoms with Gasteiger partial charge in [-0.25, -0.2) is 4.98 Å². The second kappa shape index (κ2) is 8.47. The van der Waals surface area contributed by atoms with Crippen LogP contribution in [0.25, 0.3) is 0 Å². The van der Waals surface area contributed by atoms with Gasteiger partial charge in [-0.2, -0.15) is 0 Å². The second-order valence-corrected chi connectivity index (χ2v) is 6.78. The molecular weight excluding hydrogens is 338 g/mol. The molecule has 0 saturated carbocycles. The van der Waals surface area contributed by atoms with Crippen molar-refractivity contribution in [2.75, 3.05) is 44.6 Å². The van der Waals surface area contributed by atoms with Crippen LogP contribution in [0.15, 0.2) is 36.7 Å². The van der Waals surface area contributed by atoms with E-state index in [0.717, 1.165) is 50.8 Å². The highest BCUT2D eigenvalue weighted by Gasteiger charge is 2.19. The zero-order valence-electron chi connectivity index (χ0n) is 14.5. The molecule has 3 rings (SSSR count). The summed E-state index contributed by atoms with van der Waals surface area (Å²) in [7, 11) is 0. The van der Waals surface area contributed by atoms with E-state index in [9.17, 15) is 4.79 Å². The molecule has 25 heavy (non-hydrogen) atoms.